The highest BCUT2D eigenvalue weighted by atomic mass is 16.2. The van der Waals surface area contributed by atoms with E-state index in [0.29, 0.717) is 0 Å². The van der Waals surface area contributed by atoms with Crippen molar-refractivity contribution in [3.8, 4) is 0 Å². The van der Waals surface area contributed by atoms with Crippen LogP contribution in [-0.2, 0) is 4.79 Å². The summed E-state index contributed by atoms with van der Waals surface area (Å²) in [5.41, 5.74) is -0.260. The largest absolute Gasteiger partial charge is 0.353 e. The summed E-state index contributed by atoms with van der Waals surface area (Å²) in [6.45, 7) is 14.6. The number of amides is 1. The zero-order valence-electron chi connectivity index (χ0n) is 14.0. The molecule has 1 aliphatic rings. The molecule has 19 heavy (non-hydrogen) atoms. The topological polar surface area (TPSA) is 32.3 Å². The van der Waals surface area contributed by atoms with E-state index in [1.165, 1.54) is 32.4 Å². The van der Waals surface area contributed by atoms with Crippen LogP contribution >= 0.6 is 0 Å². The van der Waals surface area contributed by atoms with Gasteiger partial charge in [0.15, 0.2) is 0 Å². The van der Waals surface area contributed by atoms with E-state index in [4.69, 9.17) is 0 Å². The zero-order chi connectivity index (χ0) is 15.1. The molecule has 1 aliphatic heterocycles. The lowest BCUT2D eigenvalue weighted by atomic mass is 9.95. The fourth-order valence-electron chi connectivity index (χ4n) is 1.95. The van der Waals surface area contributed by atoms with Gasteiger partial charge < -0.3 is 10.2 Å². The Balaban J connectivity index is 0.000000342. The van der Waals surface area contributed by atoms with Gasteiger partial charge in [0.05, 0.1) is 0 Å². The molecule has 3 nitrogen and oxygen atoms in total. The van der Waals surface area contributed by atoms with E-state index < -0.39 is 0 Å². The first-order valence-corrected chi connectivity index (χ1v) is 7.66. The summed E-state index contributed by atoms with van der Waals surface area (Å²) in [5.74, 6) is 1.14. The van der Waals surface area contributed by atoms with Crippen LogP contribution in [0.4, 0.5) is 0 Å². The van der Waals surface area contributed by atoms with Gasteiger partial charge in [-0.05, 0) is 52.7 Å². The summed E-state index contributed by atoms with van der Waals surface area (Å²) in [5, 5.41) is 2.84. The van der Waals surface area contributed by atoms with Crippen molar-refractivity contribution in [1.82, 2.24) is 10.2 Å². The first-order chi connectivity index (χ1) is 8.66. The number of piperidine rings is 1. The Morgan fingerprint density at radius 2 is 1.74 bits per heavy atom. The van der Waals surface area contributed by atoms with Gasteiger partial charge in [-0.25, -0.2) is 0 Å². The predicted octanol–water partition coefficient (Wildman–Crippen LogP) is 3.30. The molecule has 0 bridgehead atoms. The minimum absolute atomic E-state index is 0.113. The predicted molar refractivity (Wildman–Crippen MR) is 83.2 cm³/mol. The minimum Gasteiger partial charge on any atom is -0.353 e. The number of hydrogen-bond donors (Lipinski definition) is 1. The van der Waals surface area contributed by atoms with Gasteiger partial charge in [0, 0.05) is 11.5 Å². The van der Waals surface area contributed by atoms with Crippen molar-refractivity contribution in [3.05, 3.63) is 0 Å². The van der Waals surface area contributed by atoms with E-state index in [9.17, 15) is 4.79 Å². The Morgan fingerprint density at radius 1 is 1.26 bits per heavy atom. The van der Waals surface area contributed by atoms with E-state index in [1.54, 1.807) is 0 Å². The average Bonchev–Trinajstić information content (AvgIpc) is 2.29. The molecule has 0 spiro atoms. The van der Waals surface area contributed by atoms with Crippen LogP contribution in [0.5, 0.6) is 0 Å². The molecular weight excluding hydrogens is 236 g/mol. The van der Waals surface area contributed by atoms with Gasteiger partial charge in [0.25, 0.3) is 0 Å². The lowest BCUT2D eigenvalue weighted by Gasteiger charge is -2.27. The van der Waals surface area contributed by atoms with Gasteiger partial charge in [-0.2, -0.15) is 0 Å². The molecule has 0 aliphatic carbocycles. The monoisotopic (exact) mass is 270 g/mol. The standard InChI is InChI=1S/C8H17NO.C8H17N/c1-6(2)9-7(10)8(3,4)5;1-3-8-4-6-9(2)7-5-8/h6H,1-5H3,(H,9,10);8H,3-7H2,1-2H3. The highest BCUT2D eigenvalue weighted by Crippen LogP contribution is 2.18. The minimum atomic E-state index is -0.260. The Bertz CT molecular complexity index is 248. The van der Waals surface area contributed by atoms with Crippen LogP contribution in [0.15, 0.2) is 0 Å². The Labute approximate surface area is 120 Å². The Hall–Kier alpha value is -0.570. The van der Waals surface area contributed by atoms with Crippen molar-refractivity contribution in [2.75, 3.05) is 20.1 Å². The summed E-state index contributed by atoms with van der Waals surface area (Å²) in [4.78, 5) is 13.6. The van der Waals surface area contributed by atoms with E-state index >= 15 is 0 Å². The number of carbonyl (C=O) groups is 1. The summed E-state index contributed by atoms with van der Waals surface area (Å²) in [6.07, 6.45) is 4.23. The number of carbonyl (C=O) groups excluding carboxylic acids is 1. The Morgan fingerprint density at radius 3 is 2.00 bits per heavy atom. The molecule has 0 atom stereocenters. The van der Waals surface area contributed by atoms with Gasteiger partial charge in [-0.15, -0.1) is 0 Å². The Kier molecular flexibility index (Phi) is 8.31. The second-order valence-electron chi connectivity index (χ2n) is 7.03. The van der Waals surface area contributed by atoms with E-state index in [1.807, 2.05) is 34.6 Å². The summed E-state index contributed by atoms with van der Waals surface area (Å²) >= 11 is 0. The van der Waals surface area contributed by atoms with Gasteiger partial charge in [0.2, 0.25) is 5.91 Å². The maximum absolute atomic E-state index is 11.2. The molecule has 114 valence electrons. The molecule has 0 aromatic heterocycles. The highest BCUT2D eigenvalue weighted by Gasteiger charge is 2.21. The van der Waals surface area contributed by atoms with E-state index in [2.05, 4.69) is 24.2 Å². The highest BCUT2D eigenvalue weighted by molar-refractivity contribution is 5.81. The fraction of sp³-hybridized carbons (Fsp3) is 0.938. The normalized spacial score (nSPS) is 17.9. The quantitative estimate of drug-likeness (QED) is 0.835. The van der Waals surface area contributed by atoms with Crippen LogP contribution in [0, 0.1) is 11.3 Å². The lowest BCUT2D eigenvalue weighted by Crippen LogP contribution is -2.38. The molecule has 1 N–H and O–H groups in total. The number of nitrogens with one attached hydrogen (secondary N) is 1. The second-order valence-corrected chi connectivity index (χ2v) is 7.03. The van der Waals surface area contributed by atoms with Crippen LogP contribution in [-0.4, -0.2) is 37.0 Å². The van der Waals surface area contributed by atoms with Crippen LogP contribution in [0.25, 0.3) is 0 Å². The third kappa shape index (κ3) is 9.04. The van der Waals surface area contributed by atoms with Crippen molar-refractivity contribution >= 4 is 5.91 Å². The molecule has 0 radical (unpaired) electrons. The zero-order valence-corrected chi connectivity index (χ0v) is 14.0. The average molecular weight is 270 g/mol. The smallest absolute Gasteiger partial charge is 0.225 e. The molecule has 1 fully saturated rings. The first kappa shape index (κ1) is 18.4. The molecule has 3 heteroatoms. The van der Waals surface area contributed by atoms with Crippen molar-refractivity contribution in [3.63, 3.8) is 0 Å². The van der Waals surface area contributed by atoms with E-state index in [-0.39, 0.29) is 17.4 Å². The van der Waals surface area contributed by atoms with Gasteiger partial charge >= 0.3 is 0 Å². The third-order valence-electron chi connectivity index (χ3n) is 3.52. The van der Waals surface area contributed by atoms with Gasteiger partial charge in [0.1, 0.15) is 0 Å². The van der Waals surface area contributed by atoms with Crippen molar-refractivity contribution in [1.29, 1.82) is 0 Å². The molecule has 0 saturated carbocycles. The van der Waals surface area contributed by atoms with Crippen molar-refractivity contribution in [2.24, 2.45) is 11.3 Å². The number of hydrogen-bond acceptors (Lipinski definition) is 2. The van der Waals surface area contributed by atoms with Gasteiger partial charge in [-0.3, -0.25) is 4.79 Å². The number of likely N-dealkylation sites (tertiary alicyclic amines) is 1. The molecule has 1 amide bonds. The SMILES string of the molecule is CC(C)NC(=O)C(C)(C)C.CCC1CCN(C)CC1. The molecule has 0 aromatic rings. The van der Waals surface area contributed by atoms with Crippen LogP contribution < -0.4 is 5.32 Å². The second kappa shape index (κ2) is 8.57. The van der Waals surface area contributed by atoms with Crippen LogP contribution in [0.2, 0.25) is 0 Å². The maximum atomic E-state index is 11.2. The van der Waals surface area contributed by atoms with E-state index in [0.717, 1.165) is 5.92 Å². The number of nitrogens with zero attached hydrogens (tertiary/aromatic N) is 1. The lowest BCUT2D eigenvalue weighted by molar-refractivity contribution is -0.129. The summed E-state index contributed by atoms with van der Waals surface area (Å²) in [6, 6.07) is 0.242. The van der Waals surface area contributed by atoms with Crippen LogP contribution in [0.3, 0.4) is 0 Å². The molecule has 0 aromatic carbocycles. The van der Waals surface area contributed by atoms with Gasteiger partial charge in [-0.1, -0.05) is 34.1 Å². The maximum Gasteiger partial charge on any atom is 0.225 e. The van der Waals surface area contributed by atoms with Crippen LogP contribution in [0.1, 0.15) is 60.8 Å². The number of rotatable bonds is 2. The van der Waals surface area contributed by atoms with Crippen molar-refractivity contribution < 1.29 is 4.79 Å². The fourth-order valence-corrected chi connectivity index (χ4v) is 1.95. The molecule has 1 saturated heterocycles. The molecule has 1 rings (SSSR count). The third-order valence-corrected chi connectivity index (χ3v) is 3.52. The first-order valence-electron chi connectivity index (χ1n) is 7.66. The van der Waals surface area contributed by atoms with Crippen molar-refractivity contribution in [2.45, 2.75) is 66.8 Å². The molecular formula is C16H34N2O. The summed E-state index contributed by atoms with van der Waals surface area (Å²) in [7, 11) is 2.21. The molecule has 1 heterocycles. The molecule has 0 unspecified atom stereocenters. The summed E-state index contributed by atoms with van der Waals surface area (Å²) < 4.78 is 0.